The zero-order valence-corrected chi connectivity index (χ0v) is 6.63. The number of nitrogens with one attached hydrogen (secondary N) is 1. The normalized spacial score (nSPS) is 14.0. The van der Waals surface area contributed by atoms with E-state index in [1.54, 1.807) is 5.32 Å². The Hall–Kier alpha value is -0.820. The molecule has 0 aromatic heterocycles. The number of rotatable bonds is 3. The molecule has 0 aliphatic carbocycles. The van der Waals surface area contributed by atoms with E-state index in [0.717, 1.165) is 0 Å². The summed E-state index contributed by atoms with van der Waals surface area (Å²) in [6, 6.07) is 0. The first kappa shape index (κ1) is 10.2. The van der Waals surface area contributed by atoms with Gasteiger partial charge in [0.25, 0.3) is 10.1 Å². The molecule has 0 aromatic carbocycles. The number of hydrogen-bond acceptors (Lipinski definition) is 3. The van der Waals surface area contributed by atoms with E-state index in [4.69, 9.17) is 9.66 Å². The van der Waals surface area contributed by atoms with Gasteiger partial charge in [-0.2, -0.15) is 8.42 Å². The molecule has 0 rings (SSSR count). The molecule has 6 nitrogen and oxygen atoms in total. The van der Waals surface area contributed by atoms with Crippen molar-refractivity contribution in [3.8, 4) is 0 Å². The lowest BCUT2D eigenvalue weighted by atomic mass is 10.5. The third-order valence-electron chi connectivity index (χ3n) is 1.01. The summed E-state index contributed by atoms with van der Waals surface area (Å²) in [7, 11) is -4.30. The number of carbonyl (C=O) groups is 1. The van der Waals surface area contributed by atoms with Crippen LogP contribution in [0.5, 0.6) is 0 Å². The summed E-state index contributed by atoms with van der Waals surface area (Å²) in [4.78, 5) is 9.93. The van der Waals surface area contributed by atoms with Crippen molar-refractivity contribution in [2.24, 2.45) is 0 Å². The first-order valence-electron chi connectivity index (χ1n) is 2.83. The summed E-state index contributed by atoms with van der Waals surface area (Å²) in [5, 5.41) is 8.31. The van der Waals surface area contributed by atoms with E-state index < -0.39 is 21.6 Å². The second kappa shape index (κ2) is 3.54. The highest BCUT2D eigenvalue weighted by Crippen LogP contribution is 1.98. The lowest BCUT2D eigenvalue weighted by molar-refractivity contribution is 0.192. The maximum Gasteiger partial charge on any atom is 0.405 e. The quantitative estimate of drug-likeness (QED) is 0.529. The van der Waals surface area contributed by atoms with Crippen molar-refractivity contribution in [3.63, 3.8) is 0 Å². The van der Waals surface area contributed by atoms with Gasteiger partial charge in [0.2, 0.25) is 0 Å². The number of hydrogen-bond donors (Lipinski definition) is 3. The topological polar surface area (TPSA) is 104 Å². The molecule has 1 amide bonds. The van der Waals surface area contributed by atoms with Gasteiger partial charge in [0.1, 0.15) is 0 Å². The molecule has 1 atom stereocenters. The molecule has 3 N–H and O–H groups in total. The zero-order chi connectivity index (χ0) is 9.07. The minimum absolute atomic E-state index is 0.00880. The number of carboxylic acid groups (broad SMARTS) is 1. The maximum absolute atomic E-state index is 10.3. The Bertz CT molecular complexity index is 233. The Morgan fingerprint density at radius 2 is 2.09 bits per heavy atom. The van der Waals surface area contributed by atoms with Crippen LogP contribution < -0.4 is 5.32 Å². The Balaban J connectivity index is 4.31. The molecule has 1 unspecified atom stereocenters. The van der Waals surface area contributed by atoms with E-state index in [0.29, 0.717) is 0 Å². The fraction of sp³-hybridized carbons (Fsp3) is 0.750. The van der Waals surface area contributed by atoms with Crippen molar-refractivity contribution in [1.82, 2.24) is 5.32 Å². The first-order valence-corrected chi connectivity index (χ1v) is 4.34. The van der Waals surface area contributed by atoms with Crippen LogP contribution in [-0.2, 0) is 10.1 Å². The molecule has 0 saturated carbocycles. The van der Waals surface area contributed by atoms with Gasteiger partial charge in [0.15, 0.2) is 5.37 Å². The van der Waals surface area contributed by atoms with E-state index in [9.17, 15) is 13.2 Å². The molecule has 0 heterocycles. The lowest BCUT2D eigenvalue weighted by Crippen LogP contribution is -2.39. The van der Waals surface area contributed by atoms with Crippen LogP contribution >= 0.6 is 0 Å². The molecule has 0 aromatic rings. The minimum atomic E-state index is -4.30. The van der Waals surface area contributed by atoms with Crippen LogP contribution in [-0.4, -0.2) is 29.5 Å². The molecular weight excluding hydrogens is 174 g/mol. The van der Waals surface area contributed by atoms with Crippen LogP contribution in [0.2, 0.25) is 0 Å². The molecule has 0 radical (unpaired) electrons. The molecule has 0 aliphatic rings. The summed E-state index contributed by atoms with van der Waals surface area (Å²) < 4.78 is 29.0. The van der Waals surface area contributed by atoms with Gasteiger partial charge in [-0.05, 0) is 6.42 Å². The lowest BCUT2D eigenvalue weighted by Gasteiger charge is -2.09. The standard InChI is InChI=1S/C4H9NO5S/c1-2-3(5-4(6)7)11(8,9)10/h3,5H,2H2,1H3,(H,6,7)(H,8,9,10). The van der Waals surface area contributed by atoms with Crippen molar-refractivity contribution in [2.45, 2.75) is 18.7 Å². The van der Waals surface area contributed by atoms with E-state index >= 15 is 0 Å². The highest BCUT2D eigenvalue weighted by atomic mass is 32.2. The van der Waals surface area contributed by atoms with E-state index in [-0.39, 0.29) is 6.42 Å². The van der Waals surface area contributed by atoms with Gasteiger partial charge in [-0.1, -0.05) is 6.92 Å². The predicted octanol–water partition coefficient (Wildman–Crippen LogP) is -0.122. The fourth-order valence-electron chi connectivity index (χ4n) is 0.525. The summed E-state index contributed by atoms with van der Waals surface area (Å²) in [5.41, 5.74) is 0. The highest BCUT2D eigenvalue weighted by molar-refractivity contribution is 7.86. The third kappa shape index (κ3) is 3.79. The average Bonchev–Trinajstić information content (AvgIpc) is 1.79. The van der Waals surface area contributed by atoms with Crippen LogP contribution in [0.3, 0.4) is 0 Å². The molecule has 66 valence electrons. The molecule has 0 spiro atoms. The summed E-state index contributed by atoms with van der Waals surface area (Å²) in [6.07, 6.45) is -1.49. The third-order valence-corrected chi connectivity index (χ3v) is 2.19. The highest BCUT2D eigenvalue weighted by Gasteiger charge is 2.21. The molecule has 7 heteroatoms. The van der Waals surface area contributed by atoms with Gasteiger partial charge < -0.3 is 10.4 Å². The predicted molar refractivity (Wildman–Crippen MR) is 36.8 cm³/mol. The van der Waals surface area contributed by atoms with E-state index in [1.165, 1.54) is 6.92 Å². The molecule has 0 aliphatic heterocycles. The molecule has 0 fully saturated rings. The Kier molecular flexibility index (Phi) is 3.27. The first-order chi connectivity index (χ1) is 4.88. The van der Waals surface area contributed by atoms with Crippen LogP contribution in [0.1, 0.15) is 13.3 Å². The summed E-state index contributed by atoms with van der Waals surface area (Å²) >= 11 is 0. The smallest absolute Gasteiger partial charge is 0.405 e. The van der Waals surface area contributed by atoms with Crippen molar-refractivity contribution >= 4 is 16.2 Å². The average molecular weight is 183 g/mol. The SMILES string of the molecule is CCC(NC(=O)O)S(=O)(=O)O. The second-order valence-corrected chi connectivity index (χ2v) is 3.46. The largest absolute Gasteiger partial charge is 0.465 e. The van der Waals surface area contributed by atoms with Crippen LogP contribution in [0.15, 0.2) is 0 Å². The van der Waals surface area contributed by atoms with Gasteiger partial charge in [0.05, 0.1) is 0 Å². The molecule has 11 heavy (non-hydrogen) atoms. The van der Waals surface area contributed by atoms with Crippen molar-refractivity contribution < 1.29 is 22.9 Å². The summed E-state index contributed by atoms with van der Waals surface area (Å²) in [5.74, 6) is 0. The molecular formula is C4H9NO5S. The van der Waals surface area contributed by atoms with Crippen molar-refractivity contribution in [2.75, 3.05) is 0 Å². The molecule has 0 saturated heterocycles. The van der Waals surface area contributed by atoms with Crippen molar-refractivity contribution in [1.29, 1.82) is 0 Å². The molecule has 0 bridgehead atoms. The van der Waals surface area contributed by atoms with Crippen molar-refractivity contribution in [3.05, 3.63) is 0 Å². The Morgan fingerprint density at radius 3 is 2.18 bits per heavy atom. The van der Waals surface area contributed by atoms with Crippen LogP contribution in [0, 0.1) is 0 Å². The second-order valence-electron chi connectivity index (χ2n) is 1.86. The van der Waals surface area contributed by atoms with Gasteiger partial charge in [-0.15, -0.1) is 0 Å². The van der Waals surface area contributed by atoms with Gasteiger partial charge in [-0.3, -0.25) is 4.55 Å². The van der Waals surface area contributed by atoms with Gasteiger partial charge in [0, 0.05) is 0 Å². The Labute approximate surface area is 64.0 Å². The Morgan fingerprint density at radius 1 is 1.64 bits per heavy atom. The minimum Gasteiger partial charge on any atom is -0.465 e. The maximum atomic E-state index is 10.3. The monoisotopic (exact) mass is 183 g/mol. The van der Waals surface area contributed by atoms with Crippen LogP contribution in [0.4, 0.5) is 4.79 Å². The van der Waals surface area contributed by atoms with Gasteiger partial charge in [-0.25, -0.2) is 4.79 Å². The van der Waals surface area contributed by atoms with E-state index in [1.807, 2.05) is 0 Å². The van der Waals surface area contributed by atoms with Gasteiger partial charge >= 0.3 is 6.09 Å². The number of amides is 1. The van der Waals surface area contributed by atoms with Crippen LogP contribution in [0.25, 0.3) is 0 Å². The zero-order valence-electron chi connectivity index (χ0n) is 5.81. The van der Waals surface area contributed by atoms with E-state index in [2.05, 4.69) is 0 Å². The summed E-state index contributed by atoms with van der Waals surface area (Å²) in [6.45, 7) is 1.44. The fourth-order valence-corrected chi connectivity index (χ4v) is 1.20.